The van der Waals surface area contributed by atoms with E-state index < -0.39 is 51.5 Å². The molecule has 4 unspecified atom stereocenters. The van der Waals surface area contributed by atoms with Crippen LogP contribution in [0.2, 0.25) is 15.1 Å². The van der Waals surface area contributed by atoms with Crippen molar-refractivity contribution in [2.24, 2.45) is 0 Å². The van der Waals surface area contributed by atoms with E-state index in [1.165, 1.54) is 51.6 Å². The lowest BCUT2D eigenvalue weighted by Gasteiger charge is -2.45. The zero-order chi connectivity index (χ0) is 91.2. The molecule has 25 nitrogen and oxygen atoms in total. The quantitative estimate of drug-likeness (QED) is 0.0737. The molecule has 3 amide bonds. The van der Waals surface area contributed by atoms with Gasteiger partial charge in [0, 0.05) is 111 Å². The molecule has 12 aromatic rings. The maximum Gasteiger partial charge on any atom is 0.355 e. The number of halogens is 6. The summed E-state index contributed by atoms with van der Waals surface area (Å²) in [6.07, 6.45) is 14.8. The van der Waals surface area contributed by atoms with Crippen LogP contribution in [0.4, 0.5) is 30.6 Å². The van der Waals surface area contributed by atoms with E-state index in [0.717, 1.165) is 22.9 Å². The number of rotatable bonds is 15. The minimum atomic E-state index is -0.899. The lowest BCUT2D eigenvalue weighted by molar-refractivity contribution is -0.129. The summed E-state index contributed by atoms with van der Waals surface area (Å²) in [5, 5.41) is 12.3. The Kier molecular flexibility index (Phi) is 26.7. The molecule has 0 aliphatic carbocycles. The molecule has 31 heteroatoms. The van der Waals surface area contributed by atoms with Gasteiger partial charge in [-0.3, -0.25) is 29.3 Å². The summed E-state index contributed by atoms with van der Waals surface area (Å²) >= 11 is 19.8. The van der Waals surface area contributed by atoms with Gasteiger partial charge in [-0.1, -0.05) is 132 Å². The van der Waals surface area contributed by atoms with Crippen molar-refractivity contribution in [2.45, 2.75) is 158 Å². The van der Waals surface area contributed by atoms with Crippen LogP contribution < -0.4 is 31.8 Å². The number of aromatic hydroxyl groups is 1. The van der Waals surface area contributed by atoms with Crippen LogP contribution in [-0.2, 0) is 14.4 Å². The van der Waals surface area contributed by atoms with E-state index in [4.69, 9.17) is 51.2 Å². The summed E-state index contributed by atoms with van der Waals surface area (Å²) in [6.45, 7) is 42.5. The van der Waals surface area contributed by atoms with Crippen LogP contribution in [0.1, 0.15) is 140 Å². The number of hydrogen-bond acceptors (Lipinski definition) is 19. The maximum atomic E-state index is 15.9. The fourth-order valence-corrected chi connectivity index (χ4v) is 17.5. The number of nitrogens with zero attached hydrogens (tertiary/aromatic N) is 18. The molecule has 1 N–H and O–H groups in total. The summed E-state index contributed by atoms with van der Waals surface area (Å²) in [4.78, 5) is 132. The molecule has 15 rings (SSSR count). The van der Waals surface area contributed by atoms with Gasteiger partial charge >= 0.3 is 17.1 Å². The maximum absolute atomic E-state index is 15.9. The average molecular weight is 1770 g/mol. The molecule has 650 valence electrons. The number of amides is 3. The number of aromatic nitrogens is 12. The predicted molar refractivity (Wildman–Crippen MR) is 491 cm³/mol. The molecule has 3 fully saturated rings. The number of terminal acetylenes is 1. The molecular weight excluding hydrogens is 1670 g/mol. The fourth-order valence-electron chi connectivity index (χ4n) is 16.8. The van der Waals surface area contributed by atoms with E-state index in [1.54, 1.807) is 62.1 Å². The van der Waals surface area contributed by atoms with Crippen molar-refractivity contribution in [1.29, 1.82) is 0 Å². The van der Waals surface area contributed by atoms with Crippen molar-refractivity contribution in [3.8, 4) is 68.9 Å². The molecule has 3 aliphatic heterocycles. The van der Waals surface area contributed by atoms with E-state index in [2.05, 4.69) is 65.4 Å². The van der Waals surface area contributed by atoms with Gasteiger partial charge in [-0.05, 0) is 182 Å². The van der Waals surface area contributed by atoms with Crippen molar-refractivity contribution < 1.29 is 32.7 Å². The Morgan fingerprint density at radius 1 is 0.468 bits per heavy atom. The number of piperazine rings is 3. The molecule has 6 atom stereocenters. The monoisotopic (exact) mass is 1760 g/mol. The highest BCUT2D eigenvalue weighted by atomic mass is 35.5. The number of phenolic OH excluding ortho intramolecular Hbond substituents is 1. The van der Waals surface area contributed by atoms with Crippen molar-refractivity contribution >= 4 is 103 Å². The van der Waals surface area contributed by atoms with Crippen LogP contribution in [0, 0.1) is 50.6 Å². The van der Waals surface area contributed by atoms with Gasteiger partial charge in [0.1, 0.15) is 34.7 Å². The van der Waals surface area contributed by atoms with Crippen molar-refractivity contribution in [2.75, 3.05) is 54.0 Å². The summed E-state index contributed by atoms with van der Waals surface area (Å²) < 4.78 is 50.3. The zero-order valence-electron chi connectivity index (χ0n) is 72.6. The number of pyridine rings is 6. The normalized spacial score (nSPS) is 17.2. The molecule has 0 bridgehead atoms. The highest BCUT2D eigenvalue weighted by molar-refractivity contribution is 6.35. The molecular formula is C95H96Cl3F3N18O7. The van der Waals surface area contributed by atoms with Crippen LogP contribution in [0.25, 0.3) is 83.9 Å². The topological polar surface area (TPSA) is 273 Å². The SMILES string of the molecule is C#Cc1ccccc1-c1nc2c(cc1Cl)c(N1CC(C)N(C(=O)C=C)CC1C)nc(=O)n2-c1c(C)ccnc1C(C)C.C=CC(=O)N1CC(C)N(c2nc(=O)n(-c3c(C)ccnc3C(C)C)c3nc(-c4cccc(Cl)c4F)c(Cl)cc23)CC1C.C=CC(=O)N1CCN(c2nc(=O)n(-c3c(C)ccnc3C(C)C)c3nc(-c4c(O)cccc4F)c(F)cc23)[C@@H](C)[C@H]1C. The minimum absolute atomic E-state index is 0.0185. The van der Waals surface area contributed by atoms with E-state index in [0.29, 0.717) is 123 Å². The molecule has 9 aromatic heterocycles. The van der Waals surface area contributed by atoms with Gasteiger partial charge in [0.05, 0.1) is 82.3 Å². The van der Waals surface area contributed by atoms with Gasteiger partial charge in [-0.2, -0.15) is 15.0 Å². The minimum Gasteiger partial charge on any atom is -0.507 e. The number of anilines is 3. The second-order valence-electron chi connectivity index (χ2n) is 32.7. The Balaban J connectivity index is 0.000000162. The number of carbonyl (C=O) groups excluding carboxylic acids is 3. The van der Waals surface area contributed by atoms with E-state index in [1.807, 2.05) is 156 Å². The van der Waals surface area contributed by atoms with Crippen LogP contribution in [0.5, 0.6) is 5.75 Å². The third-order valence-electron chi connectivity index (χ3n) is 23.4. The van der Waals surface area contributed by atoms with Gasteiger partial charge in [-0.25, -0.2) is 56.2 Å². The van der Waals surface area contributed by atoms with E-state index in [-0.39, 0.29) is 116 Å². The highest BCUT2D eigenvalue weighted by Crippen LogP contribution is 2.43. The van der Waals surface area contributed by atoms with E-state index >= 15 is 8.78 Å². The Morgan fingerprint density at radius 3 is 1.29 bits per heavy atom. The molecule has 126 heavy (non-hydrogen) atoms. The molecule has 0 radical (unpaired) electrons. The van der Waals surface area contributed by atoms with Crippen molar-refractivity contribution in [1.82, 2.24) is 73.3 Å². The second-order valence-corrected chi connectivity index (χ2v) is 33.9. The van der Waals surface area contributed by atoms with Gasteiger partial charge in [0.2, 0.25) is 17.7 Å². The Bertz CT molecular complexity index is 6630. The van der Waals surface area contributed by atoms with Crippen LogP contribution in [0.3, 0.4) is 0 Å². The van der Waals surface area contributed by atoms with Gasteiger partial charge in [0.25, 0.3) is 0 Å². The number of fused-ring (bicyclic) bond motifs is 3. The summed E-state index contributed by atoms with van der Waals surface area (Å²) in [5.41, 5.74) is 6.27. The number of phenols is 1. The van der Waals surface area contributed by atoms with E-state index in [9.17, 15) is 38.3 Å². The summed E-state index contributed by atoms with van der Waals surface area (Å²) in [5.74, 6) is 0.271. The number of hydrogen-bond donors (Lipinski definition) is 1. The first-order chi connectivity index (χ1) is 60.0. The highest BCUT2D eigenvalue weighted by Gasteiger charge is 2.40. The number of carbonyl (C=O) groups is 3. The number of benzene rings is 3. The first kappa shape index (κ1) is 90.7. The predicted octanol–water partition coefficient (Wildman–Crippen LogP) is 16.7. The van der Waals surface area contributed by atoms with Crippen LogP contribution >= 0.6 is 34.8 Å². The first-order valence-electron chi connectivity index (χ1n) is 41.3. The molecule has 3 saturated heterocycles. The number of aryl methyl sites for hydroxylation is 3. The molecule has 0 spiro atoms. The average Bonchev–Trinajstić information content (AvgIpc) is 0.739. The standard InChI is InChI=1S/C33H33ClN6O2.C31H31Cl2FN6O2.C31H32F2N6O3/c1-8-23-12-10-11-13-24(23)29-26(34)16-25-31(39-18-21(6)38(17-22(39)7)27(41)9-2)37-33(42)40(32(25)36-29)30-20(5)14-15-35-28(30)19(3)4;1-7-24(41)38-14-19(6)39(15-18(38)5)29-21-13-23(33)27(20-9-8-10-22(32)25(20)34)36-30(21)40(31(42)37-29)28-17(4)11-12-35-26(28)16(2)3;1-7-24(41)37-13-14-38(19(6)18(37)5)29-20-15-22(33)27(25-21(32)9-8-10-23(25)40)35-30(20)39(31(42)36-29)28-17(4)11-12-34-26(28)16(2)3/h1,9-16,19,21-22H,2,17-18H2,3-7H3;7-13,16,18-19H,1,14-15H2,2-6H3;7-12,15-16,18-19,40H,1,13-14H2,2-6H3/t;;18-,19+/m..1/s1. The fraction of sp³-hybridized carbons (Fsp3) is 0.316. The van der Waals surface area contributed by atoms with Gasteiger partial charge < -0.3 is 34.5 Å². The third kappa shape index (κ3) is 17.0. The van der Waals surface area contributed by atoms with Crippen molar-refractivity contribution in [3.05, 3.63) is 257 Å². The van der Waals surface area contributed by atoms with Gasteiger partial charge in [-0.15, -0.1) is 6.42 Å². The Morgan fingerprint density at radius 2 is 0.865 bits per heavy atom. The third-order valence-corrected chi connectivity index (χ3v) is 24.2. The van der Waals surface area contributed by atoms with Crippen LogP contribution in [0.15, 0.2) is 168 Å². The lowest BCUT2D eigenvalue weighted by atomic mass is 10.0. The molecule has 0 saturated carbocycles. The zero-order valence-corrected chi connectivity index (χ0v) is 74.8. The Labute approximate surface area is 742 Å². The first-order valence-corrected chi connectivity index (χ1v) is 42.4. The van der Waals surface area contributed by atoms with Gasteiger partial charge in [0.15, 0.2) is 28.6 Å². The lowest BCUT2D eigenvalue weighted by Crippen LogP contribution is -2.59. The van der Waals surface area contributed by atoms with Crippen LogP contribution in [-0.4, -0.2) is 172 Å². The summed E-state index contributed by atoms with van der Waals surface area (Å²) in [6, 6.07) is 24.5. The Hall–Kier alpha value is -13.0. The van der Waals surface area contributed by atoms with Crippen molar-refractivity contribution in [3.63, 3.8) is 0 Å². The molecule has 3 aliphatic rings. The molecule has 3 aromatic carbocycles. The molecule has 12 heterocycles. The second kappa shape index (κ2) is 37.1. The summed E-state index contributed by atoms with van der Waals surface area (Å²) in [7, 11) is 0. The smallest absolute Gasteiger partial charge is 0.355 e. The largest absolute Gasteiger partial charge is 0.507 e.